The van der Waals surface area contributed by atoms with Gasteiger partial charge in [0.1, 0.15) is 5.52 Å². The summed E-state index contributed by atoms with van der Waals surface area (Å²) >= 11 is 0. The highest BCUT2D eigenvalue weighted by Gasteiger charge is 2.53. The fraction of sp³-hybridized carbons (Fsp3) is 0.0267. The van der Waals surface area contributed by atoms with E-state index in [-0.39, 0.29) is 0 Å². The average molecular weight is 1010 g/mol. The number of rotatable bonds is 5. The molecule has 0 bridgehead atoms. The predicted molar refractivity (Wildman–Crippen MR) is 321 cm³/mol. The highest BCUT2D eigenvalue weighted by molar-refractivity contribution is 5.98. The van der Waals surface area contributed by atoms with Crippen molar-refractivity contribution in [2.45, 2.75) is 10.8 Å². The summed E-state index contributed by atoms with van der Waals surface area (Å²) < 4.78 is 6.51. The summed E-state index contributed by atoms with van der Waals surface area (Å²) in [6, 6.07) is 105. The van der Waals surface area contributed by atoms with E-state index in [1.807, 2.05) is 24.3 Å². The van der Waals surface area contributed by atoms with E-state index in [0.717, 1.165) is 50.3 Å². The molecule has 2 aliphatic carbocycles. The van der Waals surface area contributed by atoms with Crippen LogP contribution in [0.4, 0.5) is 34.1 Å². The molecule has 12 aromatic carbocycles. The first-order valence-electron chi connectivity index (χ1n) is 27.3. The van der Waals surface area contributed by atoms with Crippen molar-refractivity contribution < 1.29 is 4.42 Å². The van der Waals surface area contributed by atoms with Gasteiger partial charge >= 0.3 is 0 Å². The van der Waals surface area contributed by atoms with Gasteiger partial charge in [-0.05, 0) is 168 Å². The molecule has 2 aliphatic heterocycles. The Morgan fingerprint density at radius 3 is 0.937 bits per heavy atom. The van der Waals surface area contributed by atoms with Crippen LogP contribution in [0.15, 0.2) is 290 Å². The molecule has 368 valence electrons. The minimum absolute atomic E-state index is 0.461. The fourth-order valence-electron chi connectivity index (χ4n) is 14.4. The third-order valence-electron chi connectivity index (χ3n) is 17.5. The number of para-hydroxylation sites is 6. The predicted octanol–water partition coefficient (Wildman–Crippen LogP) is 19.1. The Balaban J connectivity index is 0.776. The lowest BCUT2D eigenvalue weighted by Gasteiger charge is -2.45. The molecule has 17 rings (SSSR count). The van der Waals surface area contributed by atoms with Crippen LogP contribution in [0.25, 0.3) is 67.1 Å². The van der Waals surface area contributed by atoms with Crippen LogP contribution in [0.3, 0.4) is 0 Å². The topological polar surface area (TPSA) is 32.5 Å². The molecular formula is C75H47N3O. The van der Waals surface area contributed by atoms with Crippen molar-refractivity contribution in [3.05, 3.63) is 330 Å². The number of hydrogen-bond acceptors (Lipinski definition) is 4. The number of oxazole rings is 1. The van der Waals surface area contributed by atoms with E-state index >= 15 is 0 Å². The molecule has 3 heterocycles. The maximum atomic E-state index is 6.51. The lowest BCUT2D eigenvalue weighted by molar-refractivity contribution is 0.620. The van der Waals surface area contributed by atoms with Crippen LogP contribution in [0.2, 0.25) is 0 Å². The first-order chi connectivity index (χ1) is 39.2. The number of hydrogen-bond donors (Lipinski definition) is 0. The average Bonchev–Trinajstić information content (AvgIpc) is 4.38. The molecule has 0 N–H and O–H groups in total. The molecule has 0 radical (unpaired) electrons. The van der Waals surface area contributed by atoms with E-state index in [0.29, 0.717) is 5.89 Å². The van der Waals surface area contributed by atoms with E-state index in [1.165, 1.54) is 89.5 Å². The molecule has 2 spiro atoms. The van der Waals surface area contributed by atoms with Crippen LogP contribution in [0.5, 0.6) is 0 Å². The molecule has 4 heteroatoms. The molecule has 0 fully saturated rings. The number of nitrogens with zero attached hydrogens (tertiary/aromatic N) is 3. The summed E-state index contributed by atoms with van der Waals surface area (Å²) in [6.07, 6.45) is 0. The molecule has 4 aliphatic rings. The van der Waals surface area contributed by atoms with Crippen molar-refractivity contribution in [1.29, 1.82) is 0 Å². The van der Waals surface area contributed by atoms with Crippen LogP contribution in [0, 0.1) is 0 Å². The number of fused-ring (bicyclic) bond motifs is 19. The first-order valence-corrected chi connectivity index (χ1v) is 27.3. The highest BCUT2D eigenvalue weighted by atomic mass is 16.3. The standard InChI is InChI=1S/C75H47N3O/c1-5-23-59-55(19-1)56-20-2-6-24-60(56)74(59)63-27-9-14-32-68(63)77(69-33-15-10-28-64(69)74)53-41-37-48(38-42-53)50-45-51(47-52(46-50)73-76-67-31-13-18-36-72(67)79-73)49-39-43-54(44-40-49)78-70-34-16-11-29-65(70)75(66-30-12-17-35-71(66)78)61-25-7-3-21-57(61)58-22-4-8-26-62(58)75/h1-47H. The van der Waals surface area contributed by atoms with Crippen molar-refractivity contribution in [1.82, 2.24) is 4.98 Å². The number of aromatic nitrogens is 1. The van der Waals surface area contributed by atoms with E-state index in [4.69, 9.17) is 9.40 Å². The minimum atomic E-state index is -0.461. The highest BCUT2D eigenvalue weighted by Crippen LogP contribution is 2.65. The summed E-state index contributed by atoms with van der Waals surface area (Å²) in [6.45, 7) is 0. The molecule has 4 nitrogen and oxygen atoms in total. The van der Waals surface area contributed by atoms with Gasteiger partial charge in [-0.1, -0.05) is 206 Å². The maximum Gasteiger partial charge on any atom is 0.227 e. The Labute approximate surface area is 458 Å². The summed E-state index contributed by atoms with van der Waals surface area (Å²) in [4.78, 5) is 9.93. The zero-order valence-electron chi connectivity index (χ0n) is 42.9. The normalized spacial score (nSPS) is 14.2. The summed E-state index contributed by atoms with van der Waals surface area (Å²) in [7, 11) is 0. The SMILES string of the molecule is c1ccc2c(c1)-c1ccccc1C21c2ccccc2N(c2ccc(-c3cc(-c4ccc(N5c6ccccc6C6(c7ccccc7-c7ccccc76)c6ccccc65)cc4)cc(-c4nc5ccccc5o4)c3)cc2)c2ccccc21. The maximum absolute atomic E-state index is 6.51. The second-order valence-corrected chi connectivity index (χ2v) is 21.3. The second kappa shape index (κ2) is 16.6. The summed E-state index contributed by atoms with van der Waals surface area (Å²) in [5.74, 6) is 0.591. The van der Waals surface area contributed by atoms with Crippen molar-refractivity contribution in [2.75, 3.05) is 9.80 Å². The van der Waals surface area contributed by atoms with Gasteiger partial charge in [-0.3, -0.25) is 0 Å². The lowest BCUT2D eigenvalue weighted by atomic mass is 9.64. The smallest absolute Gasteiger partial charge is 0.227 e. The van der Waals surface area contributed by atoms with Crippen LogP contribution < -0.4 is 9.80 Å². The second-order valence-electron chi connectivity index (χ2n) is 21.3. The van der Waals surface area contributed by atoms with Gasteiger partial charge in [0.2, 0.25) is 5.89 Å². The lowest BCUT2D eigenvalue weighted by Crippen LogP contribution is -2.36. The molecule has 0 unspecified atom stereocenters. The van der Waals surface area contributed by atoms with Crippen LogP contribution in [-0.4, -0.2) is 4.98 Å². The summed E-state index contributed by atoms with van der Waals surface area (Å²) in [5, 5.41) is 0. The third kappa shape index (κ3) is 6.00. The number of anilines is 6. The molecule has 0 saturated carbocycles. The summed E-state index contributed by atoms with van der Waals surface area (Å²) in [5.41, 5.74) is 28.4. The zero-order chi connectivity index (χ0) is 51.8. The Kier molecular flexibility index (Phi) is 9.23. The van der Waals surface area contributed by atoms with E-state index < -0.39 is 10.8 Å². The van der Waals surface area contributed by atoms with Crippen LogP contribution in [0.1, 0.15) is 44.5 Å². The quantitative estimate of drug-likeness (QED) is 0.172. The van der Waals surface area contributed by atoms with Gasteiger partial charge in [0.15, 0.2) is 5.58 Å². The molecule has 0 atom stereocenters. The fourth-order valence-corrected chi connectivity index (χ4v) is 14.4. The Morgan fingerprint density at radius 2 is 0.570 bits per heavy atom. The Morgan fingerprint density at radius 1 is 0.266 bits per heavy atom. The van der Waals surface area contributed by atoms with E-state index in [1.54, 1.807) is 0 Å². The van der Waals surface area contributed by atoms with Gasteiger partial charge in [0.05, 0.1) is 33.6 Å². The van der Waals surface area contributed by atoms with Gasteiger partial charge in [-0.2, -0.15) is 0 Å². The minimum Gasteiger partial charge on any atom is -0.436 e. The molecule has 1 aromatic heterocycles. The van der Waals surface area contributed by atoms with Crippen molar-refractivity contribution in [3.63, 3.8) is 0 Å². The molecule has 0 amide bonds. The van der Waals surface area contributed by atoms with Gasteiger partial charge < -0.3 is 14.2 Å². The molecule has 13 aromatic rings. The Bertz CT molecular complexity index is 4160. The van der Waals surface area contributed by atoms with Gasteiger partial charge in [0, 0.05) is 16.9 Å². The third-order valence-corrected chi connectivity index (χ3v) is 17.5. The van der Waals surface area contributed by atoms with Crippen molar-refractivity contribution in [2.24, 2.45) is 0 Å². The largest absolute Gasteiger partial charge is 0.436 e. The molecular weight excluding hydrogens is 959 g/mol. The van der Waals surface area contributed by atoms with Gasteiger partial charge in [-0.15, -0.1) is 0 Å². The molecule has 79 heavy (non-hydrogen) atoms. The monoisotopic (exact) mass is 1010 g/mol. The Hall–Kier alpha value is -10.3. The molecule has 0 saturated heterocycles. The van der Waals surface area contributed by atoms with Crippen molar-refractivity contribution >= 4 is 45.2 Å². The van der Waals surface area contributed by atoms with E-state index in [9.17, 15) is 0 Å². The van der Waals surface area contributed by atoms with Gasteiger partial charge in [-0.25, -0.2) is 4.98 Å². The van der Waals surface area contributed by atoms with Crippen LogP contribution in [-0.2, 0) is 10.8 Å². The van der Waals surface area contributed by atoms with E-state index in [2.05, 4.69) is 271 Å². The van der Waals surface area contributed by atoms with Crippen LogP contribution >= 0.6 is 0 Å². The zero-order valence-corrected chi connectivity index (χ0v) is 42.9. The number of benzene rings is 12. The van der Waals surface area contributed by atoms with Crippen molar-refractivity contribution in [3.8, 4) is 56.0 Å². The first kappa shape index (κ1) is 43.9. The van der Waals surface area contributed by atoms with Gasteiger partial charge in [0.25, 0.3) is 0 Å².